The largest absolute Gasteiger partial charge is 0.476 e. The number of carboxylic acids is 1. The average molecular weight is 485 g/mol. The fourth-order valence-electron chi connectivity index (χ4n) is 3.52. The SMILES string of the molecule is O=C(O)c1cn(CC2OC(=O)N(c3ccc(Cl)cc3)C2c2cc(F)cc(C(F)(F)F)c2)nn1. The van der Waals surface area contributed by atoms with Crippen molar-refractivity contribution in [3.8, 4) is 0 Å². The summed E-state index contributed by atoms with van der Waals surface area (Å²) >= 11 is 5.89. The normalized spacial score (nSPS) is 18.5. The monoisotopic (exact) mass is 484 g/mol. The molecule has 1 aromatic heterocycles. The maximum absolute atomic E-state index is 14.2. The number of aromatic nitrogens is 3. The molecule has 2 heterocycles. The van der Waals surface area contributed by atoms with Crippen molar-refractivity contribution >= 4 is 29.4 Å². The number of carboxylic acid groups (broad SMARTS) is 1. The molecular weight excluding hydrogens is 472 g/mol. The third-order valence-corrected chi connectivity index (χ3v) is 5.15. The zero-order valence-corrected chi connectivity index (χ0v) is 17.1. The number of cyclic esters (lactones) is 1. The first-order valence-corrected chi connectivity index (χ1v) is 9.67. The lowest BCUT2D eigenvalue weighted by atomic mass is 9.97. The molecule has 1 aliphatic rings. The molecule has 1 fully saturated rings. The van der Waals surface area contributed by atoms with Gasteiger partial charge >= 0.3 is 18.2 Å². The second kappa shape index (κ2) is 8.35. The zero-order chi connectivity index (χ0) is 23.9. The lowest BCUT2D eigenvalue weighted by molar-refractivity contribution is -0.137. The molecule has 3 aromatic rings. The standard InChI is InChI=1S/C20H13ClF4N4O4/c21-12-1-3-14(4-2-12)29-17(10-5-11(20(23,24)25)7-13(22)6-10)16(33-19(29)32)9-28-8-15(18(30)31)26-27-28/h1-8,16-17H,9H2,(H,30,31). The van der Waals surface area contributed by atoms with E-state index in [1.807, 2.05) is 0 Å². The summed E-state index contributed by atoms with van der Waals surface area (Å²) in [6.07, 6.45) is -5.81. The van der Waals surface area contributed by atoms with Gasteiger partial charge in [-0.2, -0.15) is 13.2 Å². The minimum absolute atomic E-state index is 0.174. The van der Waals surface area contributed by atoms with Gasteiger partial charge < -0.3 is 9.84 Å². The van der Waals surface area contributed by atoms with Crippen LogP contribution in [-0.2, 0) is 17.5 Å². The van der Waals surface area contributed by atoms with Gasteiger partial charge in [-0.25, -0.2) is 18.7 Å². The highest BCUT2D eigenvalue weighted by atomic mass is 35.5. The number of hydrogen-bond acceptors (Lipinski definition) is 5. The minimum atomic E-state index is -4.83. The Morgan fingerprint density at radius 1 is 1.18 bits per heavy atom. The maximum atomic E-state index is 14.2. The van der Waals surface area contributed by atoms with Gasteiger partial charge in [-0.3, -0.25) is 4.90 Å². The van der Waals surface area contributed by atoms with Crippen molar-refractivity contribution in [1.82, 2.24) is 15.0 Å². The van der Waals surface area contributed by atoms with Crippen molar-refractivity contribution in [2.24, 2.45) is 0 Å². The predicted molar refractivity (Wildman–Crippen MR) is 105 cm³/mol. The van der Waals surface area contributed by atoms with Crippen LogP contribution in [0, 0.1) is 5.82 Å². The van der Waals surface area contributed by atoms with Gasteiger partial charge in [-0.15, -0.1) is 5.10 Å². The van der Waals surface area contributed by atoms with Crippen LogP contribution >= 0.6 is 11.6 Å². The number of carbonyl (C=O) groups excluding carboxylic acids is 1. The van der Waals surface area contributed by atoms with E-state index in [1.54, 1.807) is 0 Å². The molecule has 2 unspecified atom stereocenters. The molecule has 33 heavy (non-hydrogen) atoms. The van der Waals surface area contributed by atoms with Crippen molar-refractivity contribution in [2.75, 3.05) is 4.90 Å². The summed E-state index contributed by atoms with van der Waals surface area (Å²) in [5.74, 6) is -2.49. The summed E-state index contributed by atoms with van der Waals surface area (Å²) in [4.78, 5) is 24.9. The molecule has 1 amide bonds. The van der Waals surface area contributed by atoms with Crippen molar-refractivity contribution < 1.29 is 37.0 Å². The zero-order valence-electron chi connectivity index (χ0n) is 16.3. The van der Waals surface area contributed by atoms with E-state index in [9.17, 15) is 27.2 Å². The summed E-state index contributed by atoms with van der Waals surface area (Å²) in [5, 5.41) is 16.5. The van der Waals surface area contributed by atoms with Crippen molar-refractivity contribution in [3.63, 3.8) is 0 Å². The van der Waals surface area contributed by atoms with Crippen LogP contribution in [0.5, 0.6) is 0 Å². The summed E-state index contributed by atoms with van der Waals surface area (Å²) in [6, 6.07) is 6.61. The topological polar surface area (TPSA) is 97.5 Å². The van der Waals surface area contributed by atoms with Crippen molar-refractivity contribution in [2.45, 2.75) is 24.9 Å². The van der Waals surface area contributed by atoms with Crippen molar-refractivity contribution in [1.29, 1.82) is 0 Å². The number of benzene rings is 2. The Bertz CT molecular complexity index is 1220. The molecule has 1 saturated heterocycles. The Hall–Kier alpha value is -3.67. The van der Waals surface area contributed by atoms with Crippen LogP contribution < -0.4 is 4.90 Å². The predicted octanol–water partition coefficient (Wildman–Crippen LogP) is 4.55. The second-order valence-electron chi connectivity index (χ2n) is 7.12. The maximum Gasteiger partial charge on any atom is 0.416 e. The first-order chi connectivity index (χ1) is 15.5. The van der Waals surface area contributed by atoms with E-state index in [1.165, 1.54) is 24.3 Å². The summed E-state index contributed by atoms with van der Waals surface area (Å²) in [5.41, 5.74) is -1.54. The van der Waals surface area contributed by atoms with Crippen LogP contribution in [0.3, 0.4) is 0 Å². The van der Waals surface area contributed by atoms with Crippen molar-refractivity contribution in [3.05, 3.63) is 76.3 Å². The number of ether oxygens (including phenoxy) is 1. The lowest BCUT2D eigenvalue weighted by Crippen LogP contribution is -2.31. The van der Waals surface area contributed by atoms with Gasteiger partial charge in [0.2, 0.25) is 0 Å². The summed E-state index contributed by atoms with van der Waals surface area (Å²) < 4.78 is 60.6. The second-order valence-corrected chi connectivity index (χ2v) is 7.55. The molecule has 0 bridgehead atoms. The van der Waals surface area contributed by atoms with Crippen LogP contribution in [0.25, 0.3) is 0 Å². The van der Waals surface area contributed by atoms with E-state index in [0.29, 0.717) is 11.1 Å². The first-order valence-electron chi connectivity index (χ1n) is 9.29. The third-order valence-electron chi connectivity index (χ3n) is 4.90. The Morgan fingerprint density at radius 2 is 1.88 bits per heavy atom. The van der Waals surface area contributed by atoms with Crippen LogP contribution in [0.15, 0.2) is 48.7 Å². The molecule has 172 valence electrons. The molecule has 8 nitrogen and oxygen atoms in total. The van der Waals surface area contributed by atoms with Gasteiger partial charge in [-0.1, -0.05) is 16.8 Å². The number of halogens is 5. The van der Waals surface area contributed by atoms with Gasteiger partial charge in [0.25, 0.3) is 0 Å². The van der Waals surface area contributed by atoms with E-state index < -0.39 is 41.8 Å². The molecule has 0 aliphatic carbocycles. The molecule has 0 radical (unpaired) electrons. The molecular formula is C20H13ClF4N4O4. The highest BCUT2D eigenvalue weighted by Crippen LogP contribution is 2.40. The summed E-state index contributed by atoms with van der Waals surface area (Å²) in [7, 11) is 0. The molecule has 2 aromatic carbocycles. The first kappa shape index (κ1) is 22.5. The fourth-order valence-corrected chi connectivity index (χ4v) is 3.64. The van der Waals surface area contributed by atoms with E-state index >= 15 is 0 Å². The van der Waals surface area contributed by atoms with Crippen LogP contribution in [-0.4, -0.2) is 38.3 Å². The molecule has 1 aliphatic heterocycles. The molecule has 1 N–H and O–H groups in total. The number of nitrogens with zero attached hydrogens (tertiary/aromatic N) is 4. The number of amides is 1. The molecule has 13 heteroatoms. The van der Waals surface area contributed by atoms with E-state index in [-0.39, 0.29) is 23.5 Å². The molecule has 4 rings (SSSR count). The Morgan fingerprint density at radius 3 is 2.48 bits per heavy atom. The van der Waals surface area contributed by atoms with E-state index in [0.717, 1.165) is 27.9 Å². The number of anilines is 1. The summed E-state index contributed by atoms with van der Waals surface area (Å²) in [6.45, 7) is -0.251. The number of aromatic carboxylic acids is 1. The van der Waals surface area contributed by atoms with Crippen LogP contribution in [0.2, 0.25) is 5.02 Å². The Labute approximate surface area is 187 Å². The number of rotatable bonds is 5. The van der Waals surface area contributed by atoms with Gasteiger partial charge in [0.05, 0.1) is 18.3 Å². The Kier molecular flexibility index (Phi) is 5.70. The van der Waals surface area contributed by atoms with Gasteiger partial charge in [0.1, 0.15) is 18.0 Å². The highest BCUT2D eigenvalue weighted by Gasteiger charge is 2.45. The molecule has 0 spiro atoms. The number of carbonyl (C=O) groups is 2. The average Bonchev–Trinajstić information content (AvgIpc) is 3.32. The van der Waals surface area contributed by atoms with Gasteiger partial charge in [0.15, 0.2) is 5.69 Å². The van der Waals surface area contributed by atoms with Gasteiger partial charge in [0, 0.05) is 10.7 Å². The third kappa shape index (κ3) is 4.60. The lowest BCUT2D eigenvalue weighted by Gasteiger charge is -2.26. The minimum Gasteiger partial charge on any atom is -0.476 e. The highest BCUT2D eigenvalue weighted by molar-refractivity contribution is 6.30. The van der Waals surface area contributed by atoms with Crippen LogP contribution in [0.4, 0.5) is 28.0 Å². The molecule has 0 saturated carbocycles. The van der Waals surface area contributed by atoms with E-state index in [2.05, 4.69) is 10.3 Å². The fraction of sp³-hybridized carbons (Fsp3) is 0.200. The number of hydrogen-bond donors (Lipinski definition) is 1. The van der Waals surface area contributed by atoms with E-state index in [4.69, 9.17) is 21.4 Å². The molecule has 2 atom stereocenters. The van der Waals surface area contributed by atoms with Crippen LogP contribution in [0.1, 0.15) is 27.7 Å². The smallest absolute Gasteiger partial charge is 0.416 e. The number of alkyl halides is 3. The Balaban J connectivity index is 1.79. The van der Waals surface area contributed by atoms with Gasteiger partial charge in [-0.05, 0) is 48.0 Å². The quantitative estimate of drug-likeness (QED) is 0.533.